The van der Waals surface area contributed by atoms with Crippen molar-refractivity contribution in [1.82, 2.24) is 0 Å². The maximum atomic E-state index is 11.8. The zero-order valence-electron chi connectivity index (χ0n) is 14.6. The predicted octanol–water partition coefficient (Wildman–Crippen LogP) is 3.42. The summed E-state index contributed by atoms with van der Waals surface area (Å²) in [6.45, 7) is 0. The van der Waals surface area contributed by atoms with E-state index >= 15 is 0 Å². The van der Waals surface area contributed by atoms with E-state index in [1.54, 1.807) is 6.07 Å². The molecule has 0 aliphatic carbocycles. The van der Waals surface area contributed by atoms with Gasteiger partial charge in [0, 0.05) is 5.56 Å². The third-order valence-corrected chi connectivity index (χ3v) is 5.73. The van der Waals surface area contributed by atoms with Crippen LogP contribution in [-0.4, -0.2) is 32.2 Å². The summed E-state index contributed by atoms with van der Waals surface area (Å²) in [6, 6.07) is 12.4. The largest absolute Gasteiger partial charge is 0.453 e. The minimum Gasteiger partial charge on any atom is -0.453 e. The molecule has 3 aromatic rings. The van der Waals surface area contributed by atoms with Crippen molar-refractivity contribution in [3.8, 4) is 11.3 Å². The molecule has 0 bridgehead atoms. The first-order valence-corrected chi connectivity index (χ1v) is 10.9. The highest BCUT2D eigenvalue weighted by atomic mass is 32.2. The molecule has 10 heteroatoms. The van der Waals surface area contributed by atoms with E-state index in [2.05, 4.69) is 0 Å². The summed E-state index contributed by atoms with van der Waals surface area (Å²) in [7, 11) is -8.88. The average Bonchev–Trinajstić information content (AvgIpc) is 3.14. The predicted molar refractivity (Wildman–Crippen MR) is 105 cm³/mol. The molecule has 0 amide bonds. The van der Waals surface area contributed by atoms with Gasteiger partial charge in [-0.1, -0.05) is 36.4 Å². The lowest BCUT2D eigenvalue weighted by molar-refractivity contribution is 0.110. The standard InChI is InChI=1S/C19H14O8S2/c20-12-16-7-10-18(27-16)15-6-5-14(19(11-15)29(24,25)26)4-1-13-2-8-17(9-3-13)28(21,22)23/h1-12H,(H,21,22,23)(H,24,25,26). The molecular formula is C19H14O8S2. The van der Waals surface area contributed by atoms with Crippen LogP contribution < -0.4 is 0 Å². The van der Waals surface area contributed by atoms with E-state index in [0.29, 0.717) is 17.4 Å². The number of hydrogen-bond acceptors (Lipinski definition) is 6. The van der Waals surface area contributed by atoms with Crippen molar-refractivity contribution < 1.29 is 35.2 Å². The van der Waals surface area contributed by atoms with Crippen molar-refractivity contribution in [2.24, 2.45) is 0 Å². The molecule has 0 saturated heterocycles. The second-order valence-electron chi connectivity index (χ2n) is 5.92. The minimum absolute atomic E-state index is 0.0747. The SMILES string of the molecule is O=Cc1ccc(-c2ccc(C=Cc3ccc(S(=O)(=O)O)cc3)c(S(=O)(=O)O)c2)o1. The molecule has 0 unspecified atom stereocenters. The Hall–Kier alpha value is -3.05. The van der Waals surface area contributed by atoms with Gasteiger partial charge in [-0.25, -0.2) is 0 Å². The van der Waals surface area contributed by atoms with Gasteiger partial charge in [-0.2, -0.15) is 16.8 Å². The van der Waals surface area contributed by atoms with Gasteiger partial charge in [0.05, 0.1) is 4.90 Å². The third-order valence-electron chi connectivity index (χ3n) is 3.95. The Labute approximate surface area is 166 Å². The lowest BCUT2D eigenvalue weighted by Crippen LogP contribution is -2.01. The van der Waals surface area contributed by atoms with E-state index < -0.39 is 20.2 Å². The van der Waals surface area contributed by atoms with Crippen LogP contribution in [-0.2, 0) is 20.2 Å². The highest BCUT2D eigenvalue weighted by molar-refractivity contribution is 7.86. The molecule has 0 saturated carbocycles. The third kappa shape index (κ3) is 4.87. The van der Waals surface area contributed by atoms with Crippen LogP contribution in [0.5, 0.6) is 0 Å². The van der Waals surface area contributed by atoms with Crippen molar-refractivity contribution in [3.63, 3.8) is 0 Å². The zero-order valence-corrected chi connectivity index (χ0v) is 16.2. The topological polar surface area (TPSA) is 139 Å². The Kier molecular flexibility index (Phi) is 5.53. The summed E-state index contributed by atoms with van der Waals surface area (Å²) in [5.74, 6) is 0.332. The van der Waals surface area contributed by atoms with Gasteiger partial charge < -0.3 is 4.42 Å². The number of aldehydes is 1. The molecule has 1 heterocycles. The normalized spacial score (nSPS) is 12.3. The molecule has 8 nitrogen and oxygen atoms in total. The average molecular weight is 434 g/mol. The van der Waals surface area contributed by atoms with Crippen LogP contribution in [0.15, 0.2) is 68.8 Å². The van der Waals surface area contributed by atoms with E-state index in [-0.39, 0.29) is 26.9 Å². The molecule has 3 rings (SSSR count). The van der Waals surface area contributed by atoms with Gasteiger partial charge in [0.2, 0.25) is 0 Å². The summed E-state index contributed by atoms with van der Waals surface area (Å²) >= 11 is 0. The zero-order chi connectivity index (χ0) is 21.2. The monoisotopic (exact) mass is 434 g/mol. The van der Waals surface area contributed by atoms with E-state index in [4.69, 9.17) is 8.97 Å². The number of hydrogen-bond donors (Lipinski definition) is 2. The molecule has 0 aliphatic rings. The van der Waals surface area contributed by atoms with Crippen molar-refractivity contribution in [3.05, 3.63) is 71.5 Å². The second kappa shape index (κ2) is 7.76. The van der Waals surface area contributed by atoms with Crippen molar-refractivity contribution in [1.29, 1.82) is 0 Å². The molecule has 0 radical (unpaired) electrons. The number of carbonyl (C=O) groups excluding carboxylic acids is 1. The van der Waals surface area contributed by atoms with E-state index in [1.807, 2.05) is 0 Å². The van der Waals surface area contributed by atoms with E-state index in [9.17, 15) is 26.2 Å². The van der Waals surface area contributed by atoms with Crippen molar-refractivity contribution in [2.45, 2.75) is 9.79 Å². The van der Waals surface area contributed by atoms with Gasteiger partial charge in [0.1, 0.15) is 10.7 Å². The summed E-state index contributed by atoms with van der Waals surface area (Å²) in [5, 5.41) is 0. The van der Waals surface area contributed by atoms with Crippen LogP contribution >= 0.6 is 0 Å². The Morgan fingerprint density at radius 3 is 2.03 bits per heavy atom. The summed E-state index contributed by atoms with van der Waals surface area (Å²) < 4.78 is 69.6. The smallest absolute Gasteiger partial charge is 0.295 e. The highest BCUT2D eigenvalue weighted by Crippen LogP contribution is 2.28. The van der Waals surface area contributed by atoms with Crippen LogP contribution in [0.2, 0.25) is 0 Å². The van der Waals surface area contributed by atoms with E-state index in [0.717, 1.165) is 0 Å². The quantitative estimate of drug-likeness (QED) is 0.342. The molecule has 29 heavy (non-hydrogen) atoms. The maximum absolute atomic E-state index is 11.8. The van der Waals surface area contributed by atoms with Gasteiger partial charge in [0.15, 0.2) is 12.0 Å². The van der Waals surface area contributed by atoms with Crippen LogP contribution in [0.4, 0.5) is 0 Å². The van der Waals surface area contributed by atoms with Crippen LogP contribution in [0, 0.1) is 0 Å². The molecule has 1 aromatic heterocycles. The first kappa shape index (κ1) is 20.7. The van der Waals surface area contributed by atoms with Gasteiger partial charge in [-0.05, 0) is 41.5 Å². The van der Waals surface area contributed by atoms with Gasteiger partial charge in [0.25, 0.3) is 20.2 Å². The Balaban J connectivity index is 1.98. The van der Waals surface area contributed by atoms with Crippen LogP contribution in [0.25, 0.3) is 23.5 Å². The molecular weight excluding hydrogens is 420 g/mol. The van der Waals surface area contributed by atoms with Gasteiger partial charge in [-0.3, -0.25) is 13.9 Å². The lowest BCUT2D eigenvalue weighted by atomic mass is 10.1. The molecule has 0 spiro atoms. The Morgan fingerprint density at radius 1 is 0.793 bits per heavy atom. The van der Waals surface area contributed by atoms with Crippen LogP contribution in [0.1, 0.15) is 21.7 Å². The number of benzene rings is 2. The first-order valence-electron chi connectivity index (χ1n) is 8.00. The molecule has 0 aliphatic heterocycles. The maximum Gasteiger partial charge on any atom is 0.295 e. The van der Waals surface area contributed by atoms with Gasteiger partial charge in [-0.15, -0.1) is 0 Å². The number of furan rings is 1. The van der Waals surface area contributed by atoms with Crippen molar-refractivity contribution in [2.75, 3.05) is 0 Å². The summed E-state index contributed by atoms with van der Waals surface area (Å²) in [6.07, 6.45) is 3.45. The Morgan fingerprint density at radius 2 is 1.48 bits per heavy atom. The molecule has 2 N–H and O–H groups in total. The minimum atomic E-state index is -4.57. The molecule has 0 fully saturated rings. The molecule has 2 aromatic carbocycles. The molecule has 150 valence electrons. The number of carbonyl (C=O) groups is 1. The van der Waals surface area contributed by atoms with Crippen molar-refractivity contribution >= 4 is 38.7 Å². The summed E-state index contributed by atoms with van der Waals surface area (Å²) in [4.78, 5) is 10.1. The fraction of sp³-hybridized carbons (Fsp3) is 0. The van der Waals surface area contributed by atoms with Crippen LogP contribution in [0.3, 0.4) is 0 Å². The fourth-order valence-corrected chi connectivity index (χ4v) is 3.75. The Bertz CT molecular complexity index is 1300. The number of rotatable bonds is 6. The second-order valence-corrected chi connectivity index (χ2v) is 8.74. The fourth-order valence-electron chi connectivity index (χ4n) is 2.56. The lowest BCUT2D eigenvalue weighted by Gasteiger charge is -2.06. The molecule has 0 atom stereocenters. The first-order chi connectivity index (χ1) is 13.6. The highest BCUT2D eigenvalue weighted by Gasteiger charge is 2.17. The van der Waals surface area contributed by atoms with Gasteiger partial charge >= 0.3 is 0 Å². The summed E-state index contributed by atoms with van der Waals surface area (Å²) in [5.41, 5.74) is 1.06. The van der Waals surface area contributed by atoms with E-state index in [1.165, 1.54) is 60.7 Å².